The number of hydrogen-bond donors (Lipinski definition) is 2. The number of aryl methyl sites for hydroxylation is 1. The first-order chi connectivity index (χ1) is 11.1. The fourth-order valence-electron chi connectivity index (χ4n) is 3.10. The number of rotatable bonds is 2. The SMILES string of the molecule is Cc1[nH]c2ccc(-c3cc(Cl)cc(Cl)c3)cc2c1C1=NCCN1.Cl. The normalized spacial score (nSPS) is 13.5. The lowest BCUT2D eigenvalue weighted by Crippen LogP contribution is -2.19. The minimum Gasteiger partial charge on any atom is -0.368 e. The third kappa shape index (κ3) is 3.00. The molecule has 3 nitrogen and oxygen atoms in total. The number of aliphatic imine (C=N–C) groups is 1. The van der Waals surface area contributed by atoms with Crippen LogP contribution >= 0.6 is 35.6 Å². The first-order valence-electron chi connectivity index (χ1n) is 7.49. The van der Waals surface area contributed by atoms with E-state index in [0.717, 1.165) is 52.2 Å². The molecule has 1 aromatic heterocycles. The largest absolute Gasteiger partial charge is 0.368 e. The Morgan fingerprint density at radius 3 is 2.42 bits per heavy atom. The molecule has 2 heterocycles. The van der Waals surface area contributed by atoms with Crippen LogP contribution in [0.25, 0.3) is 22.0 Å². The lowest BCUT2D eigenvalue weighted by Gasteiger charge is -2.06. The quantitative estimate of drug-likeness (QED) is 0.628. The summed E-state index contributed by atoms with van der Waals surface area (Å²) in [5, 5.41) is 5.79. The molecule has 124 valence electrons. The summed E-state index contributed by atoms with van der Waals surface area (Å²) in [6, 6.07) is 11.9. The van der Waals surface area contributed by atoms with Crippen LogP contribution in [0.3, 0.4) is 0 Å². The van der Waals surface area contributed by atoms with Crippen LogP contribution in [0.1, 0.15) is 11.3 Å². The molecular formula is C18H16Cl3N3. The predicted octanol–water partition coefficient (Wildman–Crippen LogP) is 5.22. The van der Waals surface area contributed by atoms with E-state index in [1.807, 2.05) is 12.1 Å². The van der Waals surface area contributed by atoms with Crippen LogP contribution in [-0.2, 0) is 0 Å². The number of fused-ring (bicyclic) bond motifs is 1. The highest BCUT2D eigenvalue weighted by atomic mass is 35.5. The van der Waals surface area contributed by atoms with Gasteiger partial charge < -0.3 is 10.3 Å². The van der Waals surface area contributed by atoms with Crippen LogP contribution < -0.4 is 5.32 Å². The van der Waals surface area contributed by atoms with E-state index in [4.69, 9.17) is 23.2 Å². The zero-order valence-corrected chi connectivity index (χ0v) is 15.3. The number of amidine groups is 1. The molecule has 0 saturated carbocycles. The van der Waals surface area contributed by atoms with Gasteiger partial charge in [0.15, 0.2) is 0 Å². The zero-order valence-electron chi connectivity index (χ0n) is 13.0. The van der Waals surface area contributed by atoms with E-state index in [1.54, 1.807) is 6.07 Å². The Bertz CT molecular complexity index is 924. The van der Waals surface area contributed by atoms with Crippen molar-refractivity contribution < 1.29 is 0 Å². The van der Waals surface area contributed by atoms with E-state index in [0.29, 0.717) is 10.0 Å². The molecule has 0 spiro atoms. The van der Waals surface area contributed by atoms with E-state index in [1.165, 1.54) is 0 Å². The van der Waals surface area contributed by atoms with Gasteiger partial charge in [0.2, 0.25) is 0 Å². The zero-order chi connectivity index (χ0) is 16.0. The molecule has 0 amide bonds. The smallest absolute Gasteiger partial charge is 0.130 e. The third-order valence-electron chi connectivity index (χ3n) is 4.09. The molecule has 0 saturated heterocycles. The monoisotopic (exact) mass is 379 g/mol. The van der Waals surface area contributed by atoms with Gasteiger partial charge in [0, 0.05) is 38.8 Å². The summed E-state index contributed by atoms with van der Waals surface area (Å²) in [4.78, 5) is 8.00. The molecule has 0 bridgehead atoms. The average molecular weight is 381 g/mol. The maximum atomic E-state index is 6.14. The van der Waals surface area contributed by atoms with Crippen LogP contribution in [-0.4, -0.2) is 23.9 Å². The van der Waals surface area contributed by atoms with Crippen molar-refractivity contribution in [1.82, 2.24) is 10.3 Å². The van der Waals surface area contributed by atoms with Crippen LogP contribution in [0.5, 0.6) is 0 Å². The van der Waals surface area contributed by atoms with Gasteiger partial charge in [-0.1, -0.05) is 29.3 Å². The standard InChI is InChI=1S/C18H15Cl2N3.ClH/c1-10-17(18-21-4-5-22-18)15-8-11(2-3-16(15)23-10)12-6-13(19)9-14(20)7-12;/h2-3,6-9,23H,4-5H2,1H3,(H,21,22);1H. The maximum Gasteiger partial charge on any atom is 0.130 e. The molecule has 0 aliphatic carbocycles. The molecule has 4 rings (SSSR count). The second-order valence-corrected chi connectivity index (χ2v) is 6.57. The van der Waals surface area contributed by atoms with Gasteiger partial charge in [-0.05, 0) is 48.4 Å². The van der Waals surface area contributed by atoms with Crippen molar-refractivity contribution in [3.8, 4) is 11.1 Å². The molecule has 2 N–H and O–H groups in total. The highest BCUT2D eigenvalue weighted by Crippen LogP contribution is 2.31. The molecule has 0 radical (unpaired) electrons. The number of halogens is 3. The molecule has 0 fully saturated rings. The summed E-state index contributed by atoms with van der Waals surface area (Å²) in [5.41, 5.74) is 5.46. The van der Waals surface area contributed by atoms with Crippen molar-refractivity contribution in [3.05, 3.63) is 57.7 Å². The number of nitrogens with one attached hydrogen (secondary N) is 2. The molecule has 0 unspecified atom stereocenters. The highest BCUT2D eigenvalue weighted by molar-refractivity contribution is 6.35. The summed E-state index contributed by atoms with van der Waals surface area (Å²) in [5.74, 6) is 0.968. The van der Waals surface area contributed by atoms with Gasteiger partial charge in [0.1, 0.15) is 5.84 Å². The fraction of sp³-hybridized carbons (Fsp3) is 0.167. The van der Waals surface area contributed by atoms with Gasteiger partial charge in [0.05, 0.1) is 6.54 Å². The number of H-pyrrole nitrogens is 1. The summed E-state index contributed by atoms with van der Waals surface area (Å²) in [6.07, 6.45) is 0. The van der Waals surface area contributed by atoms with Crippen molar-refractivity contribution in [2.45, 2.75) is 6.92 Å². The predicted molar refractivity (Wildman–Crippen MR) is 105 cm³/mol. The molecular weight excluding hydrogens is 365 g/mol. The Labute approximate surface area is 156 Å². The Morgan fingerprint density at radius 2 is 1.75 bits per heavy atom. The van der Waals surface area contributed by atoms with E-state index in [2.05, 4.69) is 40.4 Å². The Morgan fingerprint density at radius 1 is 1.00 bits per heavy atom. The molecule has 1 aliphatic rings. The Balaban J connectivity index is 0.00000169. The topological polar surface area (TPSA) is 40.2 Å². The number of hydrogen-bond acceptors (Lipinski definition) is 2. The summed E-state index contributed by atoms with van der Waals surface area (Å²) >= 11 is 12.3. The van der Waals surface area contributed by atoms with Crippen molar-refractivity contribution in [2.75, 3.05) is 13.1 Å². The van der Waals surface area contributed by atoms with Gasteiger partial charge >= 0.3 is 0 Å². The minimum absolute atomic E-state index is 0. The van der Waals surface area contributed by atoms with Gasteiger partial charge in [-0.3, -0.25) is 4.99 Å². The molecule has 1 aliphatic heterocycles. The maximum absolute atomic E-state index is 6.14. The van der Waals surface area contributed by atoms with Crippen molar-refractivity contribution in [2.24, 2.45) is 4.99 Å². The molecule has 0 atom stereocenters. The fourth-order valence-corrected chi connectivity index (χ4v) is 3.62. The van der Waals surface area contributed by atoms with E-state index < -0.39 is 0 Å². The summed E-state index contributed by atoms with van der Waals surface area (Å²) < 4.78 is 0. The van der Waals surface area contributed by atoms with Crippen LogP contribution in [0, 0.1) is 6.92 Å². The van der Waals surface area contributed by atoms with E-state index in [9.17, 15) is 0 Å². The lowest BCUT2D eigenvalue weighted by molar-refractivity contribution is 0.960. The van der Waals surface area contributed by atoms with Crippen LogP contribution in [0.2, 0.25) is 10.0 Å². The number of aromatic nitrogens is 1. The molecule has 6 heteroatoms. The second kappa shape index (κ2) is 6.67. The van der Waals surface area contributed by atoms with Crippen molar-refractivity contribution in [1.29, 1.82) is 0 Å². The highest BCUT2D eigenvalue weighted by Gasteiger charge is 2.17. The number of nitrogens with zero attached hydrogens (tertiary/aromatic N) is 1. The first-order valence-corrected chi connectivity index (χ1v) is 8.25. The van der Waals surface area contributed by atoms with E-state index >= 15 is 0 Å². The molecule has 2 aromatic carbocycles. The van der Waals surface area contributed by atoms with Crippen LogP contribution in [0.15, 0.2) is 41.4 Å². The summed E-state index contributed by atoms with van der Waals surface area (Å²) in [7, 11) is 0. The van der Waals surface area contributed by atoms with Gasteiger partial charge in [-0.2, -0.15) is 0 Å². The second-order valence-electron chi connectivity index (χ2n) is 5.70. The van der Waals surface area contributed by atoms with Crippen LogP contribution in [0.4, 0.5) is 0 Å². The van der Waals surface area contributed by atoms with Gasteiger partial charge in [-0.25, -0.2) is 0 Å². The van der Waals surface area contributed by atoms with Gasteiger partial charge in [-0.15, -0.1) is 12.4 Å². The lowest BCUT2D eigenvalue weighted by atomic mass is 10.0. The van der Waals surface area contributed by atoms with E-state index in [-0.39, 0.29) is 12.4 Å². The van der Waals surface area contributed by atoms with Crippen molar-refractivity contribution >= 4 is 52.3 Å². The molecule has 3 aromatic rings. The van der Waals surface area contributed by atoms with Gasteiger partial charge in [0.25, 0.3) is 0 Å². The Kier molecular flexibility index (Phi) is 4.77. The average Bonchev–Trinajstić information content (AvgIpc) is 3.11. The third-order valence-corrected chi connectivity index (χ3v) is 4.53. The number of aromatic amines is 1. The Hall–Kier alpha value is -1.68. The molecule has 24 heavy (non-hydrogen) atoms. The van der Waals surface area contributed by atoms with Crippen molar-refractivity contribution in [3.63, 3.8) is 0 Å². The summed E-state index contributed by atoms with van der Waals surface area (Å²) in [6.45, 7) is 3.80. The first kappa shape index (κ1) is 17.2. The number of benzene rings is 2. The minimum atomic E-state index is 0.